The molecule has 1 saturated heterocycles. The van der Waals surface area contributed by atoms with Gasteiger partial charge < -0.3 is 10.1 Å². The fraction of sp³-hybridized carbons (Fsp3) is 0.318. The van der Waals surface area contributed by atoms with Crippen molar-refractivity contribution in [3.05, 3.63) is 64.2 Å². The van der Waals surface area contributed by atoms with Gasteiger partial charge in [-0.05, 0) is 68.1 Å². The van der Waals surface area contributed by atoms with E-state index in [2.05, 4.69) is 5.32 Å². The second-order valence-corrected chi connectivity index (χ2v) is 7.35. The molecule has 2 aromatic rings. The average molecular weight is 380 g/mol. The molecule has 1 atom stereocenters. The minimum absolute atomic E-state index is 0.265. The molecule has 0 spiro atoms. The van der Waals surface area contributed by atoms with Crippen molar-refractivity contribution in [1.29, 1.82) is 0 Å². The summed E-state index contributed by atoms with van der Waals surface area (Å²) in [7, 11) is 1.54. The zero-order valence-electron chi connectivity index (χ0n) is 16.8. The zero-order valence-corrected chi connectivity index (χ0v) is 16.8. The normalized spacial score (nSPS) is 19.0. The van der Waals surface area contributed by atoms with Gasteiger partial charge >= 0.3 is 6.03 Å². The molecule has 28 heavy (non-hydrogen) atoms. The highest BCUT2D eigenvalue weighted by Gasteiger charge is 2.49. The summed E-state index contributed by atoms with van der Waals surface area (Å²) in [6, 6.07) is 10.1. The fourth-order valence-electron chi connectivity index (χ4n) is 3.46. The predicted molar refractivity (Wildman–Crippen MR) is 106 cm³/mol. The summed E-state index contributed by atoms with van der Waals surface area (Å²) in [4.78, 5) is 39.4. The molecule has 0 aromatic heterocycles. The van der Waals surface area contributed by atoms with Crippen LogP contribution in [0, 0.1) is 20.8 Å². The average Bonchev–Trinajstić information content (AvgIpc) is 2.88. The van der Waals surface area contributed by atoms with Crippen LogP contribution in [0.3, 0.4) is 0 Å². The van der Waals surface area contributed by atoms with Crippen LogP contribution in [0.5, 0.6) is 5.75 Å². The van der Waals surface area contributed by atoms with E-state index in [0.717, 1.165) is 21.6 Å². The van der Waals surface area contributed by atoms with Crippen molar-refractivity contribution in [2.45, 2.75) is 33.2 Å². The smallest absolute Gasteiger partial charge is 0.325 e. The number of amides is 3. The van der Waals surface area contributed by atoms with Gasteiger partial charge in [0.25, 0.3) is 5.91 Å². The standard InChI is InChI=1S/C22H24N2O4/c1-13-9-15(3)18(10-14(13)2)19(25)12-24-20(26)22(4,23-21(24)27)16-7-6-8-17(11-16)28-5/h6-11H,12H2,1-5H3,(H,23,27). The van der Waals surface area contributed by atoms with E-state index in [1.165, 1.54) is 7.11 Å². The number of rotatable bonds is 5. The second kappa shape index (κ2) is 7.11. The van der Waals surface area contributed by atoms with Crippen molar-refractivity contribution in [3.8, 4) is 5.75 Å². The van der Waals surface area contributed by atoms with Crippen molar-refractivity contribution in [1.82, 2.24) is 10.2 Å². The Morgan fingerprint density at radius 3 is 2.43 bits per heavy atom. The van der Waals surface area contributed by atoms with Gasteiger partial charge in [0.2, 0.25) is 0 Å². The molecule has 1 aliphatic rings. The molecule has 2 aromatic carbocycles. The number of hydrogen-bond donors (Lipinski definition) is 1. The highest BCUT2D eigenvalue weighted by atomic mass is 16.5. The number of hydrogen-bond acceptors (Lipinski definition) is 4. The van der Waals surface area contributed by atoms with Crippen LogP contribution in [-0.2, 0) is 10.3 Å². The Hall–Kier alpha value is -3.15. The minimum atomic E-state index is -1.25. The zero-order chi connectivity index (χ0) is 20.6. The Balaban J connectivity index is 1.88. The first kappa shape index (κ1) is 19.6. The summed E-state index contributed by atoms with van der Waals surface area (Å²) in [6.07, 6.45) is 0. The third-order valence-corrected chi connectivity index (χ3v) is 5.36. The van der Waals surface area contributed by atoms with Crippen molar-refractivity contribution in [2.75, 3.05) is 13.7 Å². The van der Waals surface area contributed by atoms with Gasteiger partial charge in [-0.3, -0.25) is 14.5 Å². The lowest BCUT2D eigenvalue weighted by atomic mass is 9.91. The number of benzene rings is 2. The van der Waals surface area contributed by atoms with E-state index in [0.29, 0.717) is 16.9 Å². The Labute approximate surface area is 164 Å². The molecule has 3 rings (SSSR count). The number of carbonyl (C=O) groups excluding carboxylic acids is 3. The molecular formula is C22H24N2O4. The SMILES string of the molecule is COc1cccc(C2(C)NC(=O)N(CC(=O)c3cc(C)c(C)cc3C)C2=O)c1. The van der Waals surface area contributed by atoms with Gasteiger partial charge in [-0.2, -0.15) is 0 Å². The third-order valence-electron chi connectivity index (χ3n) is 5.36. The first-order chi connectivity index (χ1) is 13.2. The van der Waals surface area contributed by atoms with E-state index in [-0.39, 0.29) is 12.3 Å². The fourth-order valence-corrected chi connectivity index (χ4v) is 3.46. The second-order valence-electron chi connectivity index (χ2n) is 7.35. The molecule has 1 N–H and O–H groups in total. The summed E-state index contributed by atoms with van der Waals surface area (Å²) in [6.45, 7) is 7.10. The Morgan fingerprint density at radius 1 is 1.07 bits per heavy atom. The van der Waals surface area contributed by atoms with E-state index in [4.69, 9.17) is 4.74 Å². The Morgan fingerprint density at radius 2 is 1.75 bits per heavy atom. The van der Waals surface area contributed by atoms with Crippen LogP contribution in [0.15, 0.2) is 36.4 Å². The number of nitrogens with zero attached hydrogens (tertiary/aromatic N) is 1. The van der Waals surface area contributed by atoms with Gasteiger partial charge in [-0.1, -0.05) is 18.2 Å². The molecule has 146 valence electrons. The van der Waals surface area contributed by atoms with Gasteiger partial charge in [0.05, 0.1) is 13.7 Å². The molecule has 3 amide bonds. The van der Waals surface area contributed by atoms with Gasteiger partial charge in [-0.15, -0.1) is 0 Å². The molecule has 0 bridgehead atoms. The molecule has 1 heterocycles. The number of ether oxygens (including phenoxy) is 1. The van der Waals surface area contributed by atoms with E-state index < -0.39 is 17.5 Å². The third kappa shape index (κ3) is 3.26. The number of urea groups is 1. The van der Waals surface area contributed by atoms with Crippen molar-refractivity contribution in [3.63, 3.8) is 0 Å². The van der Waals surface area contributed by atoms with Crippen LogP contribution in [0.2, 0.25) is 0 Å². The molecule has 6 heteroatoms. The summed E-state index contributed by atoms with van der Waals surface area (Å²) in [5, 5.41) is 2.72. The van der Waals surface area contributed by atoms with Gasteiger partial charge in [0.1, 0.15) is 11.3 Å². The van der Waals surface area contributed by atoms with Crippen molar-refractivity contribution in [2.24, 2.45) is 0 Å². The number of aryl methyl sites for hydroxylation is 3. The first-order valence-corrected chi connectivity index (χ1v) is 9.07. The molecule has 1 aliphatic heterocycles. The molecule has 0 aliphatic carbocycles. The van der Waals surface area contributed by atoms with Gasteiger partial charge in [0.15, 0.2) is 5.78 Å². The molecule has 1 fully saturated rings. The number of methoxy groups -OCH3 is 1. The predicted octanol–water partition coefficient (Wildman–Crippen LogP) is 3.27. The summed E-state index contributed by atoms with van der Waals surface area (Å²) < 4.78 is 5.21. The largest absolute Gasteiger partial charge is 0.497 e. The van der Waals surface area contributed by atoms with E-state index in [1.54, 1.807) is 31.2 Å². The van der Waals surface area contributed by atoms with Crippen molar-refractivity contribution >= 4 is 17.7 Å². The van der Waals surface area contributed by atoms with Crippen LogP contribution in [0.4, 0.5) is 4.79 Å². The van der Waals surface area contributed by atoms with E-state index >= 15 is 0 Å². The molecule has 6 nitrogen and oxygen atoms in total. The Kier molecular flexibility index (Phi) is 4.98. The van der Waals surface area contributed by atoms with Crippen LogP contribution in [0.1, 0.15) is 39.5 Å². The maximum Gasteiger partial charge on any atom is 0.325 e. The number of nitrogens with one attached hydrogen (secondary N) is 1. The quantitative estimate of drug-likeness (QED) is 0.638. The maximum absolute atomic E-state index is 13.1. The Bertz CT molecular complexity index is 982. The van der Waals surface area contributed by atoms with Crippen LogP contribution >= 0.6 is 0 Å². The lowest BCUT2D eigenvalue weighted by molar-refractivity contribution is -0.130. The molecular weight excluding hydrogens is 356 g/mol. The van der Waals surface area contributed by atoms with Crippen LogP contribution in [-0.4, -0.2) is 36.3 Å². The molecule has 0 saturated carbocycles. The number of Topliss-reactive ketones (excluding diaryl/α,β-unsaturated/α-hetero) is 1. The highest BCUT2D eigenvalue weighted by molar-refractivity contribution is 6.11. The lowest BCUT2D eigenvalue weighted by Crippen LogP contribution is -2.41. The van der Waals surface area contributed by atoms with E-state index in [9.17, 15) is 14.4 Å². The monoisotopic (exact) mass is 380 g/mol. The van der Waals surface area contributed by atoms with Gasteiger partial charge in [-0.25, -0.2) is 4.79 Å². The maximum atomic E-state index is 13.1. The minimum Gasteiger partial charge on any atom is -0.497 e. The summed E-state index contributed by atoms with van der Waals surface area (Å²) >= 11 is 0. The van der Waals surface area contributed by atoms with Gasteiger partial charge in [0, 0.05) is 5.56 Å². The van der Waals surface area contributed by atoms with Crippen molar-refractivity contribution < 1.29 is 19.1 Å². The molecule has 0 radical (unpaired) electrons. The number of imide groups is 1. The molecule has 1 unspecified atom stereocenters. The topological polar surface area (TPSA) is 75.7 Å². The van der Waals surface area contributed by atoms with Crippen LogP contribution < -0.4 is 10.1 Å². The van der Waals surface area contributed by atoms with E-state index in [1.807, 2.05) is 32.9 Å². The number of ketones is 1. The number of carbonyl (C=O) groups is 3. The summed E-state index contributed by atoms with van der Waals surface area (Å²) in [5.41, 5.74) is 2.79. The highest BCUT2D eigenvalue weighted by Crippen LogP contribution is 2.31. The first-order valence-electron chi connectivity index (χ1n) is 9.07. The lowest BCUT2D eigenvalue weighted by Gasteiger charge is -2.22. The summed E-state index contributed by atoms with van der Waals surface area (Å²) in [5.74, 6) is -0.138. The van der Waals surface area contributed by atoms with Crippen LogP contribution in [0.25, 0.3) is 0 Å².